The molecule has 0 rings (SSSR count). The van der Waals surface area contributed by atoms with Crippen molar-refractivity contribution in [2.24, 2.45) is 0 Å². The molecule has 2 N–H and O–H groups in total. The highest BCUT2D eigenvalue weighted by atomic mass is 16.6. The van der Waals surface area contributed by atoms with Crippen LogP contribution in [-0.4, -0.2) is 76.4 Å². The van der Waals surface area contributed by atoms with Gasteiger partial charge in [-0.25, -0.2) is 0 Å². The molecule has 0 heterocycles. The van der Waals surface area contributed by atoms with Crippen molar-refractivity contribution in [1.29, 1.82) is 0 Å². The summed E-state index contributed by atoms with van der Waals surface area (Å²) < 4.78 is 20.9. The molecular formula is C16H27NO7. The molecule has 0 fully saturated rings. The van der Waals surface area contributed by atoms with E-state index in [4.69, 9.17) is 30.5 Å². The standard InChI is InChI=1S/C16H27NO7/c1-2-7-21-9-11-23-13-14-24-12-10-22-8-3-6-17-15(18)4-5-16(19)20/h1H,3-14H2,(H,17,18)(H,19,20). The minimum Gasteiger partial charge on any atom is -0.481 e. The lowest BCUT2D eigenvalue weighted by molar-refractivity contribution is -0.138. The lowest BCUT2D eigenvalue weighted by Crippen LogP contribution is -2.25. The molecule has 0 aromatic heterocycles. The van der Waals surface area contributed by atoms with Gasteiger partial charge in [0.25, 0.3) is 0 Å². The van der Waals surface area contributed by atoms with Gasteiger partial charge in [-0.2, -0.15) is 0 Å². The first-order valence-electron chi connectivity index (χ1n) is 7.89. The number of carboxylic acids is 1. The van der Waals surface area contributed by atoms with Crippen molar-refractivity contribution in [3.8, 4) is 12.3 Å². The van der Waals surface area contributed by atoms with E-state index in [0.29, 0.717) is 65.8 Å². The quantitative estimate of drug-likeness (QED) is 0.284. The summed E-state index contributed by atoms with van der Waals surface area (Å²) in [6.45, 7) is 4.14. The molecule has 0 radical (unpaired) electrons. The van der Waals surface area contributed by atoms with E-state index in [-0.39, 0.29) is 18.7 Å². The average molecular weight is 345 g/mol. The normalized spacial score (nSPS) is 10.3. The largest absolute Gasteiger partial charge is 0.481 e. The molecule has 0 aliphatic carbocycles. The lowest BCUT2D eigenvalue weighted by atomic mass is 10.3. The predicted molar refractivity (Wildman–Crippen MR) is 86.6 cm³/mol. The number of carbonyl (C=O) groups is 2. The third-order valence-corrected chi connectivity index (χ3v) is 2.65. The van der Waals surface area contributed by atoms with Gasteiger partial charge in [0.1, 0.15) is 6.61 Å². The summed E-state index contributed by atoms with van der Waals surface area (Å²) >= 11 is 0. The number of aliphatic carboxylic acids is 1. The van der Waals surface area contributed by atoms with Gasteiger partial charge in [0.15, 0.2) is 0 Å². The van der Waals surface area contributed by atoms with Crippen molar-refractivity contribution < 1.29 is 33.6 Å². The number of hydrogen-bond donors (Lipinski definition) is 2. The molecule has 8 nitrogen and oxygen atoms in total. The first-order valence-corrected chi connectivity index (χ1v) is 7.89. The van der Waals surface area contributed by atoms with Crippen LogP contribution in [0.3, 0.4) is 0 Å². The topological polar surface area (TPSA) is 103 Å². The van der Waals surface area contributed by atoms with Crippen molar-refractivity contribution in [2.45, 2.75) is 19.3 Å². The Bertz CT molecular complexity index is 368. The van der Waals surface area contributed by atoms with Gasteiger partial charge in [0.2, 0.25) is 5.91 Å². The summed E-state index contributed by atoms with van der Waals surface area (Å²) in [6.07, 6.45) is 5.54. The molecule has 0 saturated carbocycles. The van der Waals surface area contributed by atoms with E-state index in [2.05, 4.69) is 11.2 Å². The highest BCUT2D eigenvalue weighted by molar-refractivity contribution is 5.80. The Hall–Kier alpha value is -1.66. The fourth-order valence-electron chi connectivity index (χ4n) is 1.50. The molecule has 0 aliphatic heterocycles. The van der Waals surface area contributed by atoms with Crippen LogP contribution in [-0.2, 0) is 28.5 Å². The minimum absolute atomic E-state index is 0.00212. The van der Waals surface area contributed by atoms with E-state index in [9.17, 15) is 9.59 Å². The number of terminal acetylenes is 1. The van der Waals surface area contributed by atoms with E-state index < -0.39 is 5.97 Å². The third-order valence-electron chi connectivity index (χ3n) is 2.65. The van der Waals surface area contributed by atoms with Crippen LogP contribution in [0.5, 0.6) is 0 Å². The van der Waals surface area contributed by atoms with Crippen molar-refractivity contribution >= 4 is 11.9 Å². The van der Waals surface area contributed by atoms with Gasteiger partial charge in [-0.1, -0.05) is 5.92 Å². The molecule has 138 valence electrons. The maximum atomic E-state index is 11.2. The van der Waals surface area contributed by atoms with Gasteiger partial charge in [-0.3, -0.25) is 9.59 Å². The van der Waals surface area contributed by atoms with Gasteiger partial charge in [0.05, 0.1) is 46.1 Å². The second-order valence-corrected chi connectivity index (χ2v) is 4.69. The maximum absolute atomic E-state index is 11.2. The molecule has 0 aromatic rings. The average Bonchev–Trinajstić information content (AvgIpc) is 2.56. The van der Waals surface area contributed by atoms with E-state index >= 15 is 0 Å². The smallest absolute Gasteiger partial charge is 0.303 e. The molecule has 8 heteroatoms. The van der Waals surface area contributed by atoms with Crippen LogP contribution >= 0.6 is 0 Å². The minimum atomic E-state index is -0.976. The molecular weight excluding hydrogens is 318 g/mol. The van der Waals surface area contributed by atoms with E-state index in [1.165, 1.54) is 0 Å². The second kappa shape index (κ2) is 17.7. The molecule has 0 unspecified atom stereocenters. The number of nitrogens with one attached hydrogen (secondary N) is 1. The number of hydrogen-bond acceptors (Lipinski definition) is 6. The Kier molecular flexibility index (Phi) is 16.5. The van der Waals surface area contributed by atoms with Gasteiger partial charge in [0, 0.05) is 19.6 Å². The van der Waals surface area contributed by atoms with Crippen LogP contribution in [0.2, 0.25) is 0 Å². The monoisotopic (exact) mass is 345 g/mol. The highest BCUT2D eigenvalue weighted by Gasteiger charge is 2.03. The number of ether oxygens (including phenoxy) is 4. The van der Waals surface area contributed by atoms with Crippen LogP contribution in [0.4, 0.5) is 0 Å². The van der Waals surface area contributed by atoms with Gasteiger partial charge < -0.3 is 29.4 Å². The Labute approximate surface area is 142 Å². The van der Waals surface area contributed by atoms with E-state index in [0.717, 1.165) is 0 Å². The predicted octanol–water partition coefficient (Wildman–Crippen LogP) is 0.0571. The second-order valence-electron chi connectivity index (χ2n) is 4.69. The number of rotatable bonds is 17. The van der Waals surface area contributed by atoms with Crippen molar-refractivity contribution in [3.63, 3.8) is 0 Å². The fourth-order valence-corrected chi connectivity index (χ4v) is 1.50. The van der Waals surface area contributed by atoms with Crippen LogP contribution in [0.15, 0.2) is 0 Å². The summed E-state index contributed by atoms with van der Waals surface area (Å²) in [5, 5.41) is 11.1. The molecule has 0 atom stereocenters. The van der Waals surface area contributed by atoms with Crippen LogP contribution < -0.4 is 5.32 Å². The molecule has 0 aromatic carbocycles. The van der Waals surface area contributed by atoms with Crippen LogP contribution in [0.25, 0.3) is 0 Å². The fraction of sp³-hybridized carbons (Fsp3) is 0.750. The van der Waals surface area contributed by atoms with Crippen molar-refractivity contribution in [2.75, 3.05) is 59.4 Å². The SMILES string of the molecule is C#CCOCCOCCOCCOCCCNC(=O)CCC(=O)O. The molecule has 1 amide bonds. The third kappa shape index (κ3) is 18.4. The summed E-state index contributed by atoms with van der Waals surface area (Å²) in [5.74, 6) is 1.13. The van der Waals surface area contributed by atoms with Crippen molar-refractivity contribution in [1.82, 2.24) is 5.32 Å². The van der Waals surface area contributed by atoms with Gasteiger partial charge in [-0.05, 0) is 6.42 Å². The first-order chi connectivity index (χ1) is 11.7. The molecule has 0 spiro atoms. The molecule has 24 heavy (non-hydrogen) atoms. The number of carbonyl (C=O) groups excluding carboxylic acids is 1. The van der Waals surface area contributed by atoms with Crippen molar-refractivity contribution in [3.05, 3.63) is 0 Å². The Balaban J connectivity index is 3.11. The number of carboxylic acid groups (broad SMARTS) is 1. The summed E-state index contributed by atoms with van der Waals surface area (Å²) in [4.78, 5) is 21.5. The van der Waals surface area contributed by atoms with Crippen LogP contribution in [0.1, 0.15) is 19.3 Å². The van der Waals surface area contributed by atoms with Gasteiger partial charge >= 0.3 is 5.97 Å². The molecule has 0 saturated heterocycles. The zero-order chi connectivity index (χ0) is 17.9. The Morgan fingerprint density at radius 3 is 1.96 bits per heavy atom. The molecule has 0 bridgehead atoms. The highest BCUT2D eigenvalue weighted by Crippen LogP contribution is 1.89. The maximum Gasteiger partial charge on any atom is 0.303 e. The summed E-state index contributed by atoms with van der Waals surface area (Å²) in [6, 6.07) is 0. The molecule has 0 aliphatic rings. The summed E-state index contributed by atoms with van der Waals surface area (Å²) in [7, 11) is 0. The zero-order valence-corrected chi connectivity index (χ0v) is 14.0. The summed E-state index contributed by atoms with van der Waals surface area (Å²) in [5.41, 5.74) is 0. The van der Waals surface area contributed by atoms with E-state index in [1.54, 1.807) is 0 Å². The lowest BCUT2D eigenvalue weighted by Gasteiger charge is -2.07. The Morgan fingerprint density at radius 1 is 0.875 bits per heavy atom. The first kappa shape index (κ1) is 22.3. The zero-order valence-electron chi connectivity index (χ0n) is 14.0. The Morgan fingerprint density at radius 2 is 1.42 bits per heavy atom. The van der Waals surface area contributed by atoms with Crippen LogP contribution in [0, 0.1) is 12.3 Å². The number of amides is 1. The van der Waals surface area contributed by atoms with E-state index in [1.807, 2.05) is 0 Å². The van der Waals surface area contributed by atoms with Gasteiger partial charge in [-0.15, -0.1) is 6.42 Å².